The second-order valence-corrected chi connectivity index (χ2v) is 8.23. The van der Waals surface area contributed by atoms with Gasteiger partial charge in [0.25, 0.3) is 5.91 Å². The van der Waals surface area contributed by atoms with Crippen LogP contribution in [-0.2, 0) is 14.8 Å². The molecule has 0 bridgehead atoms. The molecule has 0 aliphatic carbocycles. The van der Waals surface area contributed by atoms with E-state index in [9.17, 15) is 13.2 Å². The van der Waals surface area contributed by atoms with Crippen molar-refractivity contribution in [2.24, 2.45) is 5.73 Å². The number of carbonyl (C=O) groups is 1. The lowest BCUT2D eigenvalue weighted by atomic mass is 9.94. The molecule has 1 aliphatic rings. The van der Waals surface area contributed by atoms with E-state index in [2.05, 4.69) is 5.32 Å². The van der Waals surface area contributed by atoms with E-state index >= 15 is 0 Å². The summed E-state index contributed by atoms with van der Waals surface area (Å²) in [4.78, 5) is 12.5. The van der Waals surface area contributed by atoms with Gasteiger partial charge in [0.05, 0.1) is 18.1 Å². The van der Waals surface area contributed by atoms with Crippen LogP contribution in [-0.4, -0.2) is 57.0 Å². The van der Waals surface area contributed by atoms with Crippen LogP contribution in [0.3, 0.4) is 0 Å². The van der Waals surface area contributed by atoms with Gasteiger partial charge in [-0.2, -0.15) is 4.31 Å². The molecule has 1 fully saturated rings. The van der Waals surface area contributed by atoms with Gasteiger partial charge in [-0.1, -0.05) is 19.9 Å². The van der Waals surface area contributed by atoms with Crippen LogP contribution in [0.15, 0.2) is 29.2 Å². The number of ether oxygens (including phenoxy) is 1. The zero-order chi connectivity index (χ0) is 18.5. The third-order valence-electron chi connectivity index (χ3n) is 4.71. The zero-order valence-corrected chi connectivity index (χ0v) is 16.9. The van der Waals surface area contributed by atoms with Crippen molar-refractivity contribution in [2.75, 3.05) is 32.8 Å². The van der Waals surface area contributed by atoms with Crippen molar-refractivity contribution in [1.29, 1.82) is 0 Å². The van der Waals surface area contributed by atoms with E-state index in [1.165, 1.54) is 16.4 Å². The van der Waals surface area contributed by atoms with Crippen molar-refractivity contribution in [1.82, 2.24) is 9.62 Å². The quantitative estimate of drug-likeness (QED) is 0.713. The fourth-order valence-corrected chi connectivity index (χ4v) is 4.05. The molecule has 1 aromatic carbocycles. The summed E-state index contributed by atoms with van der Waals surface area (Å²) in [5.74, 6) is -0.323. The molecule has 148 valence electrons. The van der Waals surface area contributed by atoms with Crippen LogP contribution in [0.2, 0.25) is 0 Å². The maximum Gasteiger partial charge on any atom is 0.251 e. The Kier molecular flexibility index (Phi) is 8.49. The molecule has 1 saturated heterocycles. The number of nitrogens with zero attached hydrogens (tertiary/aromatic N) is 1. The number of amides is 1. The van der Waals surface area contributed by atoms with E-state index in [0.717, 1.165) is 12.8 Å². The van der Waals surface area contributed by atoms with Crippen LogP contribution in [0.4, 0.5) is 0 Å². The molecule has 1 heterocycles. The SMILES string of the molecule is CCC(N)(CC)CNC(=O)c1cccc(S(=O)(=O)N2CCOCC2)c1.Cl. The van der Waals surface area contributed by atoms with Crippen LogP contribution < -0.4 is 11.1 Å². The Bertz CT molecular complexity index is 702. The number of rotatable bonds is 7. The van der Waals surface area contributed by atoms with Gasteiger partial charge in [0, 0.05) is 30.7 Å². The molecule has 0 unspecified atom stereocenters. The van der Waals surface area contributed by atoms with E-state index in [0.29, 0.717) is 38.4 Å². The Morgan fingerprint density at radius 1 is 1.27 bits per heavy atom. The topological polar surface area (TPSA) is 102 Å². The Morgan fingerprint density at radius 3 is 2.46 bits per heavy atom. The Morgan fingerprint density at radius 2 is 1.88 bits per heavy atom. The van der Waals surface area contributed by atoms with Crippen molar-refractivity contribution in [2.45, 2.75) is 37.1 Å². The first kappa shape index (κ1) is 22.9. The Hall–Kier alpha value is -1.19. The lowest BCUT2D eigenvalue weighted by Gasteiger charge is -2.27. The maximum absolute atomic E-state index is 12.7. The molecule has 0 aromatic heterocycles. The van der Waals surface area contributed by atoms with Crippen molar-refractivity contribution in [3.63, 3.8) is 0 Å². The lowest BCUT2D eigenvalue weighted by molar-refractivity contribution is 0.0730. The van der Waals surface area contributed by atoms with Gasteiger partial charge < -0.3 is 15.8 Å². The largest absolute Gasteiger partial charge is 0.379 e. The van der Waals surface area contributed by atoms with Gasteiger partial charge in [0.15, 0.2) is 0 Å². The summed E-state index contributed by atoms with van der Waals surface area (Å²) in [5.41, 5.74) is 6.05. The molecule has 1 amide bonds. The molecule has 2 rings (SSSR count). The van der Waals surface area contributed by atoms with E-state index < -0.39 is 15.6 Å². The summed E-state index contributed by atoms with van der Waals surface area (Å²) in [6.07, 6.45) is 1.49. The molecule has 0 atom stereocenters. The summed E-state index contributed by atoms with van der Waals surface area (Å²) in [7, 11) is -3.62. The first-order valence-corrected chi connectivity index (χ1v) is 10.0. The average Bonchev–Trinajstić information content (AvgIpc) is 2.66. The number of nitrogens with one attached hydrogen (secondary N) is 1. The van der Waals surface area contributed by atoms with Crippen LogP contribution in [0.25, 0.3) is 0 Å². The Balaban J connectivity index is 0.00000338. The van der Waals surface area contributed by atoms with E-state index in [1.54, 1.807) is 12.1 Å². The Labute approximate surface area is 161 Å². The molecule has 26 heavy (non-hydrogen) atoms. The third-order valence-corrected chi connectivity index (χ3v) is 6.61. The van der Waals surface area contributed by atoms with Gasteiger partial charge in [-0.3, -0.25) is 4.79 Å². The standard InChI is InChI=1S/C17H27N3O4S.ClH/c1-3-17(18,4-2)13-19-16(21)14-6-5-7-15(12-14)25(22,23)20-8-10-24-11-9-20;/h5-7,12H,3-4,8-11,13,18H2,1-2H3,(H,19,21);1H. The van der Waals surface area contributed by atoms with Gasteiger partial charge >= 0.3 is 0 Å². The molecule has 0 saturated carbocycles. The second-order valence-electron chi connectivity index (χ2n) is 6.30. The number of nitrogens with two attached hydrogens (primary N) is 1. The number of sulfonamides is 1. The van der Waals surface area contributed by atoms with Crippen molar-refractivity contribution in [3.8, 4) is 0 Å². The summed E-state index contributed by atoms with van der Waals surface area (Å²) in [5, 5.41) is 2.81. The average molecular weight is 406 g/mol. The summed E-state index contributed by atoms with van der Waals surface area (Å²) in [6.45, 7) is 5.70. The summed E-state index contributed by atoms with van der Waals surface area (Å²) in [6, 6.07) is 6.10. The molecule has 0 radical (unpaired) electrons. The molecule has 0 spiro atoms. The van der Waals surface area contributed by atoms with Crippen LogP contribution in [0.5, 0.6) is 0 Å². The summed E-state index contributed by atoms with van der Waals surface area (Å²) < 4.78 is 32.0. The smallest absolute Gasteiger partial charge is 0.251 e. The number of benzene rings is 1. The number of carbonyl (C=O) groups excluding carboxylic acids is 1. The highest BCUT2D eigenvalue weighted by atomic mass is 35.5. The first-order chi connectivity index (χ1) is 11.8. The molecular formula is C17H28ClN3O4S. The molecule has 3 N–H and O–H groups in total. The maximum atomic E-state index is 12.7. The number of halogens is 1. The lowest BCUT2D eigenvalue weighted by Crippen LogP contribution is -2.49. The van der Waals surface area contributed by atoms with Crippen molar-refractivity contribution >= 4 is 28.3 Å². The summed E-state index contributed by atoms with van der Waals surface area (Å²) >= 11 is 0. The highest BCUT2D eigenvalue weighted by molar-refractivity contribution is 7.89. The van der Waals surface area contributed by atoms with Crippen molar-refractivity contribution < 1.29 is 17.9 Å². The number of morpholine rings is 1. The first-order valence-electron chi connectivity index (χ1n) is 8.57. The minimum atomic E-state index is -3.62. The van der Waals surface area contributed by atoms with Gasteiger partial charge in [0.1, 0.15) is 0 Å². The monoisotopic (exact) mass is 405 g/mol. The van der Waals surface area contributed by atoms with Crippen LogP contribution in [0.1, 0.15) is 37.0 Å². The van der Waals surface area contributed by atoms with Crippen LogP contribution in [0, 0.1) is 0 Å². The van der Waals surface area contributed by atoms with Crippen molar-refractivity contribution in [3.05, 3.63) is 29.8 Å². The normalized spacial score (nSPS) is 16.0. The minimum Gasteiger partial charge on any atom is -0.379 e. The number of hydrogen-bond donors (Lipinski definition) is 2. The predicted molar refractivity (Wildman–Crippen MR) is 103 cm³/mol. The van der Waals surface area contributed by atoms with E-state index in [1.807, 2.05) is 13.8 Å². The highest BCUT2D eigenvalue weighted by Crippen LogP contribution is 2.18. The highest BCUT2D eigenvalue weighted by Gasteiger charge is 2.27. The molecule has 9 heteroatoms. The van der Waals surface area contributed by atoms with Gasteiger partial charge in [-0.05, 0) is 31.0 Å². The molecule has 1 aliphatic heterocycles. The number of hydrogen-bond acceptors (Lipinski definition) is 5. The molecule has 7 nitrogen and oxygen atoms in total. The second kappa shape index (κ2) is 9.66. The fraction of sp³-hybridized carbons (Fsp3) is 0.588. The van der Waals surface area contributed by atoms with E-state index in [-0.39, 0.29) is 23.2 Å². The molecule has 1 aromatic rings. The van der Waals surface area contributed by atoms with Gasteiger partial charge in [-0.15, -0.1) is 12.4 Å². The third kappa shape index (κ3) is 5.40. The predicted octanol–water partition coefficient (Wildman–Crippen LogP) is 1.38. The van der Waals surface area contributed by atoms with Gasteiger partial charge in [-0.25, -0.2) is 8.42 Å². The minimum absolute atomic E-state index is 0. The molecular weight excluding hydrogens is 378 g/mol. The van der Waals surface area contributed by atoms with Crippen LogP contribution >= 0.6 is 12.4 Å². The van der Waals surface area contributed by atoms with Gasteiger partial charge in [0.2, 0.25) is 10.0 Å². The van der Waals surface area contributed by atoms with E-state index in [4.69, 9.17) is 10.5 Å². The fourth-order valence-electron chi connectivity index (χ4n) is 2.59. The zero-order valence-electron chi connectivity index (χ0n) is 15.2.